The van der Waals surface area contributed by atoms with E-state index in [1.165, 1.54) is 19.1 Å². The molecule has 4 aliphatic carbocycles. The second kappa shape index (κ2) is 11.9. The first kappa shape index (κ1) is 33.1. The van der Waals surface area contributed by atoms with Gasteiger partial charge in [-0.3, -0.25) is 9.59 Å². The number of carbonyl (C=O) groups excluding carboxylic acids is 4. The van der Waals surface area contributed by atoms with E-state index < -0.39 is 82.6 Å². The summed E-state index contributed by atoms with van der Waals surface area (Å²) in [4.78, 5) is 51.5. The molecule has 0 aliphatic heterocycles. The quantitative estimate of drug-likeness (QED) is 0.261. The van der Waals surface area contributed by atoms with Crippen molar-refractivity contribution in [2.24, 2.45) is 34.5 Å². The van der Waals surface area contributed by atoms with E-state index in [2.05, 4.69) is 0 Å². The molecule has 0 aromatic heterocycles. The number of aliphatic hydroxyl groups is 1. The summed E-state index contributed by atoms with van der Waals surface area (Å²) in [6, 6.07) is 0. The van der Waals surface area contributed by atoms with Crippen LogP contribution in [0, 0.1) is 34.5 Å². The average Bonchev–Trinajstić information content (AvgIpc) is 3.15. The monoisotopic (exact) mass is 610 g/mol. The van der Waals surface area contributed by atoms with Gasteiger partial charge in [-0.2, -0.15) is 0 Å². The molecule has 43 heavy (non-hydrogen) atoms. The minimum absolute atomic E-state index is 0.0150. The van der Waals surface area contributed by atoms with Gasteiger partial charge in [-0.05, 0) is 62.2 Å². The molecule has 0 heterocycles. The van der Waals surface area contributed by atoms with Crippen molar-refractivity contribution in [3.05, 3.63) is 23.8 Å². The third-order valence-electron chi connectivity index (χ3n) is 10.4. The van der Waals surface area contributed by atoms with Crippen LogP contribution in [0.2, 0.25) is 0 Å². The topological polar surface area (TPSA) is 125 Å². The van der Waals surface area contributed by atoms with Crippen molar-refractivity contribution < 1.29 is 52.0 Å². The third-order valence-corrected chi connectivity index (χ3v) is 10.4. The Kier molecular flexibility index (Phi) is 9.18. The normalized spacial score (nSPS) is 39.7. The van der Waals surface area contributed by atoms with Gasteiger partial charge < -0.3 is 24.1 Å². The van der Waals surface area contributed by atoms with Crippen molar-refractivity contribution in [1.29, 1.82) is 0 Å². The number of rotatable bonds is 9. The number of fused-ring (bicyclic) bond motifs is 5. The van der Waals surface area contributed by atoms with Crippen molar-refractivity contribution in [3.63, 3.8) is 0 Å². The van der Waals surface area contributed by atoms with Gasteiger partial charge in [-0.15, -0.1) is 0 Å². The van der Waals surface area contributed by atoms with Crippen molar-refractivity contribution in [1.82, 2.24) is 0 Å². The molecule has 0 aromatic carbocycles. The van der Waals surface area contributed by atoms with E-state index in [-0.39, 0.29) is 44.0 Å². The van der Waals surface area contributed by atoms with Gasteiger partial charge in [0.15, 0.2) is 23.7 Å². The lowest BCUT2D eigenvalue weighted by molar-refractivity contribution is -0.226. The highest BCUT2D eigenvalue weighted by atomic mass is 19.1. The lowest BCUT2D eigenvalue weighted by atomic mass is 9.44. The summed E-state index contributed by atoms with van der Waals surface area (Å²) in [5.74, 6) is -3.73. The molecule has 0 spiro atoms. The fraction of sp³-hybridized carbons (Fsp3) is 0.750. The maximum atomic E-state index is 17.6. The van der Waals surface area contributed by atoms with Crippen LogP contribution < -0.4 is 0 Å². The first-order valence-corrected chi connectivity index (χ1v) is 15.2. The average molecular weight is 611 g/mol. The minimum atomic E-state index is -2.37. The van der Waals surface area contributed by atoms with Gasteiger partial charge >= 0.3 is 12.3 Å². The summed E-state index contributed by atoms with van der Waals surface area (Å²) >= 11 is 0. The van der Waals surface area contributed by atoms with Crippen LogP contribution in [0.25, 0.3) is 0 Å². The Labute approximate surface area is 251 Å². The molecule has 0 aromatic rings. The van der Waals surface area contributed by atoms with Gasteiger partial charge in [0.1, 0.15) is 6.17 Å². The SMILES string of the molecule is CCCCOC(=O)O[C@]1(C(=O)COC(=O)OCC(C)C)[C@H](C)C[C@H]2[C@@H]3C[C@H](F)C4=CC(=O)C=C[C@]4(C)[C@@]3(F)[C@@H](O)C[C@@]21C. The Morgan fingerprint density at radius 2 is 1.79 bits per heavy atom. The second-order valence-electron chi connectivity index (χ2n) is 13.5. The summed E-state index contributed by atoms with van der Waals surface area (Å²) in [5, 5.41) is 11.6. The molecule has 0 radical (unpaired) electrons. The zero-order valence-electron chi connectivity index (χ0n) is 25.8. The number of allylic oxidation sites excluding steroid dienone is 4. The van der Waals surface area contributed by atoms with Crippen molar-refractivity contribution in [2.45, 2.75) is 97.2 Å². The lowest BCUT2D eigenvalue weighted by Crippen LogP contribution is -2.71. The summed E-state index contributed by atoms with van der Waals surface area (Å²) < 4.78 is 54.7. The van der Waals surface area contributed by atoms with Gasteiger partial charge in [0.2, 0.25) is 5.78 Å². The standard InChI is InChI=1S/C32H44F2O9/c1-7-8-11-40-28(39)43-32(26(37)17-42-27(38)41-16-18(2)3)19(4)12-21-22-14-24(33)23-13-20(35)9-10-29(23,5)31(22,34)25(36)15-30(21,32)6/h9-10,13,18-19,21-22,24-25,36H,7-8,11-12,14-17H2,1-6H3/t19-,21+,22+,24+,25+,29+,30+,31+,32+/m1/s1. The van der Waals surface area contributed by atoms with E-state index in [1.807, 2.05) is 20.8 Å². The smallest absolute Gasteiger partial charge is 0.434 e. The van der Waals surface area contributed by atoms with Crippen LogP contribution in [0.1, 0.15) is 73.6 Å². The molecule has 0 bridgehead atoms. The number of ether oxygens (including phenoxy) is 4. The van der Waals surface area contributed by atoms with E-state index in [9.17, 15) is 24.3 Å². The highest BCUT2D eigenvalue weighted by Crippen LogP contribution is 2.71. The molecule has 0 unspecified atom stereocenters. The van der Waals surface area contributed by atoms with E-state index in [0.717, 1.165) is 12.5 Å². The van der Waals surface area contributed by atoms with E-state index in [0.29, 0.717) is 6.42 Å². The molecule has 0 saturated heterocycles. The number of unbranched alkanes of at least 4 members (excludes halogenated alkanes) is 1. The number of aliphatic hydroxyl groups excluding tert-OH is 1. The van der Waals surface area contributed by atoms with Crippen LogP contribution >= 0.6 is 0 Å². The van der Waals surface area contributed by atoms with Gasteiger partial charge in [-0.1, -0.05) is 47.1 Å². The molecule has 1 N–H and O–H groups in total. The number of carbonyl (C=O) groups is 4. The van der Waals surface area contributed by atoms with Gasteiger partial charge in [0.25, 0.3) is 0 Å². The summed E-state index contributed by atoms with van der Waals surface area (Å²) in [7, 11) is 0. The molecular formula is C32H44F2O9. The zero-order valence-corrected chi connectivity index (χ0v) is 25.8. The van der Waals surface area contributed by atoms with Crippen LogP contribution in [0.15, 0.2) is 23.8 Å². The first-order chi connectivity index (χ1) is 20.1. The Balaban J connectivity index is 1.74. The van der Waals surface area contributed by atoms with Gasteiger partial charge in [0, 0.05) is 22.7 Å². The first-order valence-electron chi connectivity index (χ1n) is 15.2. The maximum absolute atomic E-state index is 17.6. The zero-order chi connectivity index (χ0) is 32.0. The number of Topliss-reactive ketones (excluding diaryl/α,β-unsaturated/α-hetero) is 1. The molecule has 240 valence electrons. The van der Waals surface area contributed by atoms with E-state index in [4.69, 9.17) is 18.9 Å². The summed E-state index contributed by atoms with van der Waals surface area (Å²) in [6.45, 7) is 9.70. The van der Waals surface area contributed by atoms with Crippen LogP contribution in [-0.4, -0.2) is 72.3 Å². The van der Waals surface area contributed by atoms with Crippen LogP contribution in [-0.2, 0) is 28.5 Å². The Morgan fingerprint density at radius 1 is 1.09 bits per heavy atom. The Morgan fingerprint density at radius 3 is 2.44 bits per heavy atom. The summed E-state index contributed by atoms with van der Waals surface area (Å²) in [5.41, 5.74) is -7.36. The molecule has 11 heteroatoms. The van der Waals surface area contributed by atoms with Crippen LogP contribution in [0.3, 0.4) is 0 Å². The number of hydrogen-bond acceptors (Lipinski definition) is 9. The molecule has 3 fully saturated rings. The molecule has 4 rings (SSSR count). The molecule has 9 atom stereocenters. The molecule has 3 saturated carbocycles. The number of ketones is 2. The van der Waals surface area contributed by atoms with Crippen molar-refractivity contribution >= 4 is 23.9 Å². The second-order valence-corrected chi connectivity index (χ2v) is 13.5. The number of hydrogen-bond donors (Lipinski definition) is 1. The highest BCUT2D eigenvalue weighted by molar-refractivity contribution is 6.01. The van der Waals surface area contributed by atoms with E-state index in [1.54, 1.807) is 13.8 Å². The van der Waals surface area contributed by atoms with Gasteiger partial charge in [-0.25, -0.2) is 18.4 Å². The molecular weight excluding hydrogens is 566 g/mol. The molecule has 4 aliphatic rings. The fourth-order valence-electron chi connectivity index (χ4n) is 8.36. The molecule has 0 amide bonds. The largest absolute Gasteiger partial charge is 0.509 e. The van der Waals surface area contributed by atoms with Gasteiger partial charge in [0.05, 0.1) is 19.3 Å². The predicted octanol–water partition coefficient (Wildman–Crippen LogP) is 5.62. The number of alkyl halides is 2. The Bertz CT molecular complexity index is 1200. The Hall–Kier alpha value is -2.82. The highest BCUT2D eigenvalue weighted by Gasteiger charge is 2.78. The van der Waals surface area contributed by atoms with Crippen LogP contribution in [0.5, 0.6) is 0 Å². The third kappa shape index (κ3) is 5.19. The van der Waals surface area contributed by atoms with Crippen molar-refractivity contribution in [3.8, 4) is 0 Å². The van der Waals surface area contributed by atoms with E-state index >= 15 is 8.78 Å². The van der Waals surface area contributed by atoms with Crippen LogP contribution in [0.4, 0.5) is 18.4 Å². The maximum Gasteiger partial charge on any atom is 0.509 e. The number of halogens is 2. The molecule has 9 nitrogen and oxygen atoms in total. The predicted molar refractivity (Wildman–Crippen MR) is 150 cm³/mol. The minimum Gasteiger partial charge on any atom is -0.434 e. The van der Waals surface area contributed by atoms with Crippen molar-refractivity contribution in [2.75, 3.05) is 19.8 Å². The fourth-order valence-corrected chi connectivity index (χ4v) is 8.36. The summed E-state index contributed by atoms with van der Waals surface area (Å²) in [6.07, 6.45) is -1.10. The lowest BCUT2D eigenvalue weighted by Gasteiger charge is -2.63.